The molecule has 20 heavy (non-hydrogen) atoms. The van der Waals surface area contributed by atoms with E-state index in [1.807, 2.05) is 6.92 Å². The lowest BCUT2D eigenvalue weighted by Gasteiger charge is -2.05. The van der Waals surface area contributed by atoms with Gasteiger partial charge in [-0.3, -0.25) is 4.79 Å². The van der Waals surface area contributed by atoms with Crippen molar-refractivity contribution in [1.82, 2.24) is 9.55 Å². The average Bonchev–Trinajstić information content (AvgIpc) is 2.79. The van der Waals surface area contributed by atoms with Gasteiger partial charge in [0.1, 0.15) is 17.1 Å². The zero-order chi connectivity index (χ0) is 14.7. The van der Waals surface area contributed by atoms with E-state index in [4.69, 9.17) is 9.52 Å². The fourth-order valence-corrected chi connectivity index (χ4v) is 1.83. The van der Waals surface area contributed by atoms with Crippen molar-refractivity contribution in [2.24, 2.45) is 0 Å². The van der Waals surface area contributed by atoms with Gasteiger partial charge in [0.05, 0.1) is 6.54 Å². The maximum atomic E-state index is 11.9. The first-order valence-electron chi connectivity index (χ1n) is 6.14. The van der Waals surface area contributed by atoms with E-state index in [2.05, 4.69) is 10.3 Å². The van der Waals surface area contributed by atoms with Gasteiger partial charge in [-0.05, 0) is 19.9 Å². The highest BCUT2D eigenvalue weighted by molar-refractivity contribution is 5.88. The van der Waals surface area contributed by atoms with E-state index >= 15 is 0 Å². The smallest absolute Gasteiger partial charge is 0.339 e. The number of aromatic carboxylic acids is 1. The molecular formula is C13H15N3O4. The summed E-state index contributed by atoms with van der Waals surface area (Å²) in [6.07, 6.45) is 3.14. The molecule has 0 unspecified atom stereocenters. The Morgan fingerprint density at radius 1 is 1.55 bits per heavy atom. The van der Waals surface area contributed by atoms with E-state index < -0.39 is 5.97 Å². The monoisotopic (exact) mass is 277 g/mol. The second-order valence-electron chi connectivity index (χ2n) is 4.21. The maximum Gasteiger partial charge on any atom is 0.339 e. The molecule has 0 aliphatic carbocycles. The number of nitrogens with one attached hydrogen (secondary N) is 1. The summed E-state index contributed by atoms with van der Waals surface area (Å²) in [6.45, 7) is 4.20. The molecule has 106 valence electrons. The van der Waals surface area contributed by atoms with Gasteiger partial charge in [0.15, 0.2) is 5.82 Å². The van der Waals surface area contributed by atoms with Crippen molar-refractivity contribution in [3.05, 3.63) is 45.9 Å². The number of aromatic nitrogens is 2. The summed E-state index contributed by atoms with van der Waals surface area (Å²) in [5, 5.41) is 11.8. The Balaban J connectivity index is 2.15. The van der Waals surface area contributed by atoms with Crippen LogP contribution >= 0.6 is 0 Å². The van der Waals surface area contributed by atoms with Crippen molar-refractivity contribution in [2.45, 2.75) is 26.9 Å². The van der Waals surface area contributed by atoms with Crippen LogP contribution in [-0.2, 0) is 13.1 Å². The van der Waals surface area contributed by atoms with E-state index in [9.17, 15) is 9.59 Å². The minimum atomic E-state index is -1.04. The van der Waals surface area contributed by atoms with E-state index in [0.717, 1.165) is 0 Å². The molecule has 0 saturated heterocycles. The molecule has 7 heteroatoms. The summed E-state index contributed by atoms with van der Waals surface area (Å²) in [5.74, 6) is -0.0572. The van der Waals surface area contributed by atoms with E-state index in [-0.39, 0.29) is 23.5 Å². The van der Waals surface area contributed by atoms with Crippen LogP contribution in [0, 0.1) is 6.92 Å². The summed E-state index contributed by atoms with van der Waals surface area (Å²) < 4.78 is 6.83. The lowest BCUT2D eigenvalue weighted by atomic mass is 10.2. The highest BCUT2D eigenvalue weighted by Gasteiger charge is 2.14. The predicted octanol–water partition coefficient (Wildman–Crippen LogP) is 1.47. The molecule has 0 fully saturated rings. The van der Waals surface area contributed by atoms with Crippen LogP contribution in [0.2, 0.25) is 0 Å². The highest BCUT2D eigenvalue weighted by atomic mass is 16.4. The summed E-state index contributed by atoms with van der Waals surface area (Å²) >= 11 is 0. The number of carboxylic acid groups (broad SMARTS) is 1. The fraction of sp³-hybridized carbons (Fsp3) is 0.308. The number of nitrogens with zero attached hydrogens (tertiary/aromatic N) is 2. The third-order valence-corrected chi connectivity index (χ3v) is 2.88. The summed E-state index contributed by atoms with van der Waals surface area (Å²) in [6, 6.07) is 1.44. The Labute approximate surface area is 114 Å². The molecule has 0 aliphatic heterocycles. The van der Waals surface area contributed by atoms with Gasteiger partial charge in [0.2, 0.25) is 0 Å². The van der Waals surface area contributed by atoms with Crippen molar-refractivity contribution < 1.29 is 14.3 Å². The molecule has 0 bridgehead atoms. The Kier molecular flexibility index (Phi) is 3.88. The zero-order valence-electron chi connectivity index (χ0n) is 11.2. The molecule has 2 aromatic rings. The van der Waals surface area contributed by atoms with E-state index in [1.54, 1.807) is 13.1 Å². The fourth-order valence-electron chi connectivity index (χ4n) is 1.83. The first kappa shape index (κ1) is 13.9. The molecule has 0 aromatic carbocycles. The third kappa shape index (κ3) is 2.71. The van der Waals surface area contributed by atoms with Crippen molar-refractivity contribution in [1.29, 1.82) is 0 Å². The van der Waals surface area contributed by atoms with Crippen LogP contribution in [-0.4, -0.2) is 20.6 Å². The highest BCUT2D eigenvalue weighted by Crippen LogP contribution is 2.15. The van der Waals surface area contributed by atoms with Crippen LogP contribution in [0.4, 0.5) is 5.82 Å². The van der Waals surface area contributed by atoms with Gasteiger partial charge in [-0.2, -0.15) is 0 Å². The molecule has 2 heterocycles. The van der Waals surface area contributed by atoms with E-state index in [0.29, 0.717) is 18.1 Å². The first-order valence-corrected chi connectivity index (χ1v) is 6.14. The molecule has 0 spiro atoms. The Morgan fingerprint density at radius 2 is 2.30 bits per heavy atom. The first-order chi connectivity index (χ1) is 9.52. The average molecular weight is 277 g/mol. The van der Waals surface area contributed by atoms with E-state index in [1.165, 1.54) is 16.8 Å². The van der Waals surface area contributed by atoms with Crippen LogP contribution in [0.1, 0.15) is 28.8 Å². The molecule has 7 nitrogen and oxygen atoms in total. The largest absolute Gasteiger partial charge is 0.478 e. The van der Waals surface area contributed by atoms with Gasteiger partial charge in [-0.25, -0.2) is 9.78 Å². The molecule has 0 aliphatic rings. The molecule has 0 radical (unpaired) electrons. The van der Waals surface area contributed by atoms with Crippen LogP contribution in [0.5, 0.6) is 0 Å². The molecule has 2 N–H and O–H groups in total. The van der Waals surface area contributed by atoms with Crippen LogP contribution < -0.4 is 10.9 Å². The standard InChI is InChI=1S/C13H15N3O4/c1-3-16-5-4-14-11(12(16)17)15-7-9-6-10(13(18)19)8(2)20-9/h4-6H,3,7H2,1-2H3,(H,14,15)(H,18,19). The number of hydrogen-bond donors (Lipinski definition) is 2. The predicted molar refractivity (Wildman–Crippen MR) is 71.9 cm³/mol. The Hall–Kier alpha value is -2.57. The maximum absolute atomic E-state index is 11.9. The number of hydrogen-bond acceptors (Lipinski definition) is 5. The molecule has 2 rings (SSSR count). The minimum absolute atomic E-state index is 0.119. The van der Waals surface area contributed by atoms with Gasteiger partial charge in [0.25, 0.3) is 5.56 Å². The SMILES string of the molecule is CCn1ccnc(NCc2cc(C(=O)O)c(C)o2)c1=O. The van der Waals surface area contributed by atoms with Gasteiger partial charge in [0, 0.05) is 18.9 Å². The van der Waals surface area contributed by atoms with Gasteiger partial charge >= 0.3 is 5.97 Å². The van der Waals surface area contributed by atoms with Crippen molar-refractivity contribution >= 4 is 11.8 Å². The Morgan fingerprint density at radius 3 is 2.90 bits per heavy atom. The Bertz CT molecular complexity index is 687. The second-order valence-corrected chi connectivity index (χ2v) is 4.21. The molecule has 0 saturated carbocycles. The van der Waals surface area contributed by atoms with Crippen LogP contribution in [0.15, 0.2) is 27.7 Å². The zero-order valence-corrected chi connectivity index (χ0v) is 11.2. The summed E-state index contributed by atoms with van der Waals surface area (Å²) in [5.41, 5.74) is -0.106. The molecule has 0 amide bonds. The number of aryl methyl sites for hydroxylation is 2. The number of carboxylic acids is 1. The molecule has 0 atom stereocenters. The number of furan rings is 1. The number of anilines is 1. The van der Waals surface area contributed by atoms with Crippen molar-refractivity contribution in [2.75, 3.05) is 5.32 Å². The lowest BCUT2D eigenvalue weighted by Crippen LogP contribution is -2.23. The van der Waals surface area contributed by atoms with Crippen molar-refractivity contribution in [3.63, 3.8) is 0 Å². The topological polar surface area (TPSA) is 97.4 Å². The normalized spacial score (nSPS) is 10.5. The number of rotatable bonds is 5. The summed E-state index contributed by atoms with van der Waals surface area (Å²) in [7, 11) is 0. The lowest BCUT2D eigenvalue weighted by molar-refractivity contribution is 0.0695. The van der Waals surface area contributed by atoms with Gasteiger partial charge < -0.3 is 19.4 Å². The summed E-state index contributed by atoms with van der Waals surface area (Å²) in [4.78, 5) is 26.8. The molecular weight excluding hydrogens is 262 g/mol. The van der Waals surface area contributed by atoms with Gasteiger partial charge in [-0.1, -0.05) is 0 Å². The van der Waals surface area contributed by atoms with Crippen LogP contribution in [0.25, 0.3) is 0 Å². The molecule has 2 aromatic heterocycles. The quantitative estimate of drug-likeness (QED) is 0.859. The number of carbonyl (C=O) groups is 1. The second kappa shape index (κ2) is 5.60. The van der Waals surface area contributed by atoms with Crippen LogP contribution in [0.3, 0.4) is 0 Å². The van der Waals surface area contributed by atoms with Crippen molar-refractivity contribution in [3.8, 4) is 0 Å². The van der Waals surface area contributed by atoms with Gasteiger partial charge in [-0.15, -0.1) is 0 Å². The third-order valence-electron chi connectivity index (χ3n) is 2.88. The minimum Gasteiger partial charge on any atom is -0.478 e.